The molecule has 0 radical (unpaired) electrons. The molecule has 0 spiro atoms. The fraction of sp³-hybridized carbons (Fsp3) is 0.0833. The molecule has 2 rings (SSSR count). The maximum absolute atomic E-state index is 11.0. The lowest BCUT2D eigenvalue weighted by Gasteiger charge is -1.98. The molecule has 1 heterocycles. The fourth-order valence-corrected chi connectivity index (χ4v) is 1.57. The third kappa shape index (κ3) is 2.86. The van der Waals surface area contributed by atoms with Crippen molar-refractivity contribution in [1.82, 2.24) is 4.57 Å². The second kappa shape index (κ2) is 5.31. The van der Waals surface area contributed by atoms with Gasteiger partial charge in [0.15, 0.2) is 0 Å². The Morgan fingerprint density at radius 2 is 1.70 bits per heavy atom. The van der Waals surface area contributed by atoms with Crippen molar-refractivity contribution in [1.29, 1.82) is 0 Å². The molecule has 0 fully saturated rings. The number of aromatic nitrogens is 1. The Hall–Kier alpha value is -3.03. The van der Waals surface area contributed by atoms with Crippen LogP contribution in [0.15, 0.2) is 47.7 Å². The van der Waals surface area contributed by atoms with Crippen molar-refractivity contribution in [3.8, 4) is 0 Å². The lowest BCUT2D eigenvalue weighted by atomic mass is 10.2. The topological polar surface area (TPSA) is 104 Å². The van der Waals surface area contributed by atoms with Crippen LogP contribution in [0.2, 0.25) is 0 Å². The number of nitrogens with zero attached hydrogens (tertiary/aromatic N) is 4. The molecule has 0 amide bonds. The molecule has 0 saturated heterocycles. The van der Waals surface area contributed by atoms with Gasteiger partial charge in [0.2, 0.25) is 0 Å². The predicted octanol–water partition coefficient (Wildman–Crippen LogP) is 2.07. The summed E-state index contributed by atoms with van der Waals surface area (Å²) in [5, 5.41) is 22.1. The van der Waals surface area contributed by atoms with Crippen LogP contribution in [0.3, 0.4) is 0 Å². The molecule has 0 atom stereocenters. The third-order valence-electron chi connectivity index (χ3n) is 2.58. The fourth-order valence-electron chi connectivity index (χ4n) is 1.57. The van der Waals surface area contributed by atoms with Crippen molar-refractivity contribution in [2.75, 3.05) is 0 Å². The van der Waals surface area contributed by atoms with Crippen LogP contribution >= 0.6 is 0 Å². The number of hydrogen-bond acceptors (Lipinski definition) is 5. The summed E-state index contributed by atoms with van der Waals surface area (Å²) in [4.78, 5) is 24.4. The van der Waals surface area contributed by atoms with Crippen LogP contribution in [0.5, 0.6) is 0 Å². The summed E-state index contributed by atoms with van der Waals surface area (Å²) in [6, 6.07) is 6.73. The van der Waals surface area contributed by atoms with Gasteiger partial charge in [-0.05, 0) is 18.2 Å². The summed E-state index contributed by atoms with van der Waals surface area (Å²) in [6.07, 6.45) is 3.49. The normalized spacial score (nSPS) is 10.1. The molecule has 1 aromatic heterocycles. The molecule has 102 valence electrons. The van der Waals surface area contributed by atoms with Gasteiger partial charge in [-0.2, -0.15) is 0 Å². The van der Waals surface area contributed by atoms with E-state index in [2.05, 4.69) is 4.99 Å². The van der Waals surface area contributed by atoms with Gasteiger partial charge in [0.25, 0.3) is 5.69 Å². The van der Waals surface area contributed by atoms with E-state index in [1.807, 2.05) is 7.05 Å². The van der Waals surface area contributed by atoms with Gasteiger partial charge in [-0.15, -0.1) is 0 Å². The van der Waals surface area contributed by atoms with Gasteiger partial charge >= 0.3 is 5.69 Å². The van der Waals surface area contributed by atoms with Gasteiger partial charge in [-0.25, -0.2) is 4.99 Å². The second-order valence-corrected chi connectivity index (χ2v) is 4.02. The van der Waals surface area contributed by atoms with Gasteiger partial charge in [-0.1, -0.05) is 0 Å². The van der Waals surface area contributed by atoms with E-state index in [9.17, 15) is 20.2 Å². The molecule has 2 aromatic rings. The maximum Gasteiger partial charge on any atom is 0.301 e. The van der Waals surface area contributed by atoms with Crippen molar-refractivity contribution in [3.63, 3.8) is 0 Å². The Morgan fingerprint density at radius 3 is 2.25 bits per heavy atom. The summed E-state index contributed by atoms with van der Waals surface area (Å²) in [6.45, 7) is 0. The zero-order valence-electron chi connectivity index (χ0n) is 10.5. The lowest BCUT2D eigenvalue weighted by Crippen LogP contribution is -2.02. The van der Waals surface area contributed by atoms with Crippen LogP contribution in [0.4, 0.5) is 17.1 Å². The van der Waals surface area contributed by atoms with E-state index in [1.165, 1.54) is 12.1 Å². The smallest absolute Gasteiger partial charge is 0.301 e. The number of aryl methyl sites for hydroxylation is 1. The summed E-state index contributed by atoms with van der Waals surface area (Å²) in [5.41, 5.74) is -0.656. The van der Waals surface area contributed by atoms with E-state index >= 15 is 0 Å². The minimum Gasteiger partial charge on any atom is -0.357 e. The van der Waals surface area contributed by atoms with Gasteiger partial charge in [-0.3, -0.25) is 20.2 Å². The third-order valence-corrected chi connectivity index (χ3v) is 2.58. The Labute approximate surface area is 112 Å². The van der Waals surface area contributed by atoms with Crippen LogP contribution in [-0.2, 0) is 7.05 Å². The number of nitro benzene ring substituents is 2. The number of hydrogen-bond donors (Lipinski definition) is 0. The Morgan fingerprint density at radius 1 is 1.05 bits per heavy atom. The van der Waals surface area contributed by atoms with Crippen LogP contribution in [-0.4, -0.2) is 14.4 Å². The van der Waals surface area contributed by atoms with Crippen LogP contribution in [0.1, 0.15) is 0 Å². The highest BCUT2D eigenvalue weighted by Crippen LogP contribution is 2.30. The predicted molar refractivity (Wildman–Crippen MR) is 70.4 cm³/mol. The lowest BCUT2D eigenvalue weighted by molar-refractivity contribution is -0.393. The van der Waals surface area contributed by atoms with Crippen molar-refractivity contribution in [2.45, 2.75) is 0 Å². The van der Waals surface area contributed by atoms with E-state index in [-0.39, 0.29) is 11.4 Å². The Balaban J connectivity index is 2.57. The van der Waals surface area contributed by atoms with E-state index in [4.69, 9.17) is 0 Å². The number of non-ortho nitro benzene ring substituents is 1. The Bertz CT molecular complexity index is 731. The van der Waals surface area contributed by atoms with Crippen molar-refractivity contribution >= 4 is 17.1 Å². The molecular weight excluding hydrogens is 264 g/mol. The molecule has 0 unspecified atom stereocenters. The quantitative estimate of drug-likeness (QED) is 0.631. The van der Waals surface area contributed by atoms with Crippen molar-refractivity contribution in [3.05, 3.63) is 68.3 Å². The summed E-state index contributed by atoms with van der Waals surface area (Å²) < 4.78 is 1.79. The first-order valence-electron chi connectivity index (χ1n) is 5.57. The second-order valence-electron chi connectivity index (χ2n) is 4.02. The van der Waals surface area contributed by atoms with Gasteiger partial charge in [0.05, 0.1) is 21.3 Å². The van der Waals surface area contributed by atoms with Crippen LogP contribution < -0.4 is 5.36 Å². The number of pyridine rings is 1. The van der Waals surface area contributed by atoms with E-state index in [0.717, 1.165) is 6.07 Å². The van der Waals surface area contributed by atoms with Gasteiger partial charge < -0.3 is 4.57 Å². The zero-order chi connectivity index (χ0) is 14.7. The highest BCUT2D eigenvalue weighted by Gasteiger charge is 2.18. The first kappa shape index (κ1) is 13.4. The van der Waals surface area contributed by atoms with Crippen molar-refractivity contribution < 1.29 is 9.85 Å². The summed E-state index contributed by atoms with van der Waals surface area (Å²) in [7, 11) is 1.83. The minimum absolute atomic E-state index is 0.0782. The molecule has 8 nitrogen and oxygen atoms in total. The Kier molecular flexibility index (Phi) is 3.56. The highest BCUT2D eigenvalue weighted by atomic mass is 16.6. The molecule has 0 N–H and O–H groups in total. The number of nitro groups is 2. The molecule has 0 aliphatic carbocycles. The monoisotopic (exact) mass is 274 g/mol. The first-order chi connectivity index (χ1) is 9.47. The molecule has 1 aromatic carbocycles. The standard InChI is InChI=1S/C12H10N4O4/c1-14-6-4-9(5-7-14)13-11-3-2-10(15(17)18)8-12(11)16(19)20/h2-8H,1H3. The maximum atomic E-state index is 11.0. The van der Waals surface area contributed by atoms with Crippen molar-refractivity contribution in [2.24, 2.45) is 12.0 Å². The van der Waals surface area contributed by atoms with Crippen LogP contribution in [0.25, 0.3) is 0 Å². The van der Waals surface area contributed by atoms with Crippen LogP contribution in [0, 0.1) is 20.2 Å². The number of rotatable bonds is 3. The molecule has 0 aliphatic rings. The molecule has 0 bridgehead atoms. The largest absolute Gasteiger partial charge is 0.357 e. The highest BCUT2D eigenvalue weighted by molar-refractivity contribution is 5.61. The van der Waals surface area contributed by atoms with Gasteiger partial charge in [0, 0.05) is 25.5 Å². The molecule has 20 heavy (non-hydrogen) atoms. The minimum atomic E-state index is -0.686. The summed E-state index contributed by atoms with van der Waals surface area (Å²) in [5.74, 6) is 0. The average molecular weight is 274 g/mol. The molecular formula is C12H10N4O4. The average Bonchev–Trinajstić information content (AvgIpc) is 2.41. The molecule has 8 heteroatoms. The molecule has 0 saturated carbocycles. The molecule has 0 aliphatic heterocycles. The summed E-state index contributed by atoms with van der Waals surface area (Å²) >= 11 is 0. The van der Waals surface area contributed by atoms with E-state index in [0.29, 0.717) is 5.36 Å². The first-order valence-corrected chi connectivity index (χ1v) is 5.57. The van der Waals surface area contributed by atoms with E-state index < -0.39 is 15.5 Å². The SMILES string of the molecule is Cn1ccc(=Nc2ccc([N+](=O)[O-])cc2[N+](=O)[O-])cc1. The van der Waals surface area contributed by atoms with E-state index in [1.54, 1.807) is 29.1 Å². The number of benzene rings is 1. The zero-order valence-corrected chi connectivity index (χ0v) is 10.5. The van der Waals surface area contributed by atoms with Gasteiger partial charge in [0.1, 0.15) is 5.69 Å².